The molecular weight excluding hydrogens is 220 g/mol. The number of carboxylic acid groups (broad SMARTS) is 1. The van der Waals surface area contributed by atoms with Gasteiger partial charge in [-0.3, -0.25) is 9.59 Å². The molecule has 0 aliphatic rings. The summed E-state index contributed by atoms with van der Waals surface area (Å²) in [6.45, 7) is 5.34. The maximum Gasteiger partial charge on any atom is 0.306 e. The molecule has 4 nitrogen and oxygen atoms in total. The van der Waals surface area contributed by atoms with Gasteiger partial charge in [0.2, 0.25) is 0 Å². The van der Waals surface area contributed by atoms with Crippen LogP contribution in [0, 0.1) is 13.8 Å². The Labute approximate surface area is 100 Å². The summed E-state index contributed by atoms with van der Waals surface area (Å²) in [5, 5.41) is 8.49. The Balaban J connectivity index is 2.83. The summed E-state index contributed by atoms with van der Waals surface area (Å²) < 4.78 is 5.32. The number of carboxylic acids is 1. The lowest BCUT2D eigenvalue weighted by atomic mass is 9.99. The molecule has 1 rings (SSSR count). The Morgan fingerprint density at radius 2 is 1.76 bits per heavy atom. The fourth-order valence-corrected chi connectivity index (χ4v) is 1.82. The van der Waals surface area contributed by atoms with Gasteiger partial charge in [0, 0.05) is 5.56 Å². The Morgan fingerprint density at radius 3 is 2.18 bits per heavy atom. The summed E-state index contributed by atoms with van der Waals surface area (Å²) in [5.41, 5.74) is 2.40. The molecule has 0 spiro atoms. The Hall–Kier alpha value is -1.84. The molecule has 0 radical (unpaired) electrons. The van der Waals surface area contributed by atoms with E-state index in [1.54, 1.807) is 12.1 Å². The number of Topliss-reactive ketones (excluding diaryl/α,β-unsaturated/α-hetero) is 1. The third kappa shape index (κ3) is 3.59. The first kappa shape index (κ1) is 13.2. The number of aliphatic carboxylic acids is 1. The second-order valence-electron chi connectivity index (χ2n) is 3.98. The molecule has 0 amide bonds. The monoisotopic (exact) mass is 236 g/mol. The minimum Gasteiger partial charge on any atom is -0.493 e. The van der Waals surface area contributed by atoms with E-state index in [-0.39, 0.29) is 18.8 Å². The van der Waals surface area contributed by atoms with E-state index in [1.165, 1.54) is 6.92 Å². The molecule has 0 heterocycles. The molecule has 1 N–H and O–H groups in total. The Kier molecular flexibility index (Phi) is 4.26. The highest BCUT2D eigenvalue weighted by Crippen LogP contribution is 2.22. The van der Waals surface area contributed by atoms with Gasteiger partial charge in [-0.15, -0.1) is 0 Å². The van der Waals surface area contributed by atoms with Crippen molar-refractivity contribution in [1.82, 2.24) is 0 Å². The van der Waals surface area contributed by atoms with Gasteiger partial charge in [0.15, 0.2) is 5.78 Å². The van der Waals surface area contributed by atoms with Crippen LogP contribution < -0.4 is 4.74 Å². The quantitative estimate of drug-likeness (QED) is 0.797. The van der Waals surface area contributed by atoms with Gasteiger partial charge in [0.05, 0.1) is 13.0 Å². The molecule has 92 valence electrons. The number of hydrogen-bond donors (Lipinski definition) is 1. The van der Waals surface area contributed by atoms with E-state index in [2.05, 4.69) is 0 Å². The normalized spacial score (nSPS) is 10.1. The third-order valence-electron chi connectivity index (χ3n) is 2.44. The van der Waals surface area contributed by atoms with Crippen LogP contribution in [-0.4, -0.2) is 23.5 Å². The number of carbonyl (C=O) groups is 2. The lowest BCUT2D eigenvalue weighted by Crippen LogP contribution is -2.06. The zero-order valence-electron chi connectivity index (χ0n) is 10.2. The zero-order valence-corrected chi connectivity index (χ0v) is 10.2. The minimum absolute atomic E-state index is 0.0251. The van der Waals surface area contributed by atoms with Gasteiger partial charge in [-0.2, -0.15) is 0 Å². The first-order valence-corrected chi connectivity index (χ1v) is 5.38. The van der Waals surface area contributed by atoms with Crippen molar-refractivity contribution in [3.05, 3.63) is 28.8 Å². The Morgan fingerprint density at radius 1 is 1.24 bits per heavy atom. The van der Waals surface area contributed by atoms with E-state index in [9.17, 15) is 9.59 Å². The van der Waals surface area contributed by atoms with Gasteiger partial charge in [0.25, 0.3) is 0 Å². The van der Waals surface area contributed by atoms with Crippen LogP contribution in [-0.2, 0) is 4.79 Å². The second-order valence-corrected chi connectivity index (χ2v) is 3.98. The molecule has 0 aromatic heterocycles. The zero-order chi connectivity index (χ0) is 13.0. The maximum atomic E-state index is 11.4. The molecule has 0 saturated heterocycles. The van der Waals surface area contributed by atoms with E-state index in [1.807, 2.05) is 13.8 Å². The molecule has 1 aromatic rings. The number of aryl methyl sites for hydroxylation is 2. The van der Waals surface area contributed by atoms with Gasteiger partial charge >= 0.3 is 5.97 Å². The average Bonchev–Trinajstić information content (AvgIpc) is 2.14. The molecule has 0 saturated carbocycles. The van der Waals surface area contributed by atoms with Crippen molar-refractivity contribution in [2.24, 2.45) is 0 Å². The van der Waals surface area contributed by atoms with Crippen LogP contribution in [0.1, 0.15) is 34.8 Å². The van der Waals surface area contributed by atoms with Crippen LogP contribution >= 0.6 is 0 Å². The van der Waals surface area contributed by atoms with Crippen molar-refractivity contribution >= 4 is 11.8 Å². The van der Waals surface area contributed by atoms with Crippen molar-refractivity contribution in [3.63, 3.8) is 0 Å². The summed E-state index contributed by atoms with van der Waals surface area (Å²) in [4.78, 5) is 21.7. The molecule has 0 unspecified atom stereocenters. The van der Waals surface area contributed by atoms with E-state index in [0.717, 1.165) is 11.1 Å². The average molecular weight is 236 g/mol. The highest BCUT2D eigenvalue weighted by Gasteiger charge is 2.10. The summed E-state index contributed by atoms with van der Waals surface area (Å²) >= 11 is 0. The lowest BCUT2D eigenvalue weighted by molar-refractivity contribution is -0.137. The highest BCUT2D eigenvalue weighted by atomic mass is 16.5. The maximum absolute atomic E-state index is 11.4. The third-order valence-corrected chi connectivity index (χ3v) is 2.44. The van der Waals surface area contributed by atoms with Crippen molar-refractivity contribution in [1.29, 1.82) is 0 Å². The van der Waals surface area contributed by atoms with Gasteiger partial charge in [-0.1, -0.05) is 0 Å². The number of ketones is 1. The molecule has 0 fully saturated rings. The van der Waals surface area contributed by atoms with Crippen LogP contribution in [0.15, 0.2) is 12.1 Å². The Bertz CT molecular complexity index is 426. The van der Waals surface area contributed by atoms with E-state index in [0.29, 0.717) is 11.3 Å². The van der Waals surface area contributed by atoms with E-state index < -0.39 is 5.97 Å². The number of rotatable bonds is 5. The minimum atomic E-state index is -0.890. The number of carbonyl (C=O) groups excluding carboxylic acids is 1. The van der Waals surface area contributed by atoms with Crippen LogP contribution in [0.25, 0.3) is 0 Å². The smallest absolute Gasteiger partial charge is 0.306 e. The lowest BCUT2D eigenvalue weighted by Gasteiger charge is -2.11. The van der Waals surface area contributed by atoms with Gasteiger partial charge in [-0.05, 0) is 44.0 Å². The predicted molar refractivity (Wildman–Crippen MR) is 63.7 cm³/mol. The summed E-state index contributed by atoms with van der Waals surface area (Å²) in [5.74, 6) is -0.262. The van der Waals surface area contributed by atoms with Gasteiger partial charge in [-0.25, -0.2) is 0 Å². The molecule has 0 aliphatic heterocycles. The topological polar surface area (TPSA) is 63.6 Å². The standard InChI is InChI=1S/C13H16O4/c1-8-6-11(17-5-4-12(15)16)7-9(2)13(8)10(3)14/h6-7H,4-5H2,1-3H3,(H,15,16). The van der Waals surface area contributed by atoms with Crippen molar-refractivity contribution in [2.45, 2.75) is 27.2 Å². The molecule has 0 atom stereocenters. The summed E-state index contributed by atoms with van der Waals surface area (Å²) in [6, 6.07) is 3.51. The SMILES string of the molecule is CC(=O)c1c(C)cc(OCCC(=O)O)cc1C. The first-order valence-electron chi connectivity index (χ1n) is 5.38. The highest BCUT2D eigenvalue weighted by molar-refractivity contribution is 5.97. The van der Waals surface area contributed by atoms with Crippen molar-refractivity contribution < 1.29 is 19.4 Å². The predicted octanol–water partition coefficient (Wildman–Crippen LogP) is 2.36. The summed E-state index contributed by atoms with van der Waals surface area (Å²) in [6.07, 6.45) is -0.0352. The molecule has 17 heavy (non-hydrogen) atoms. The first-order chi connectivity index (χ1) is 7.91. The van der Waals surface area contributed by atoms with Crippen LogP contribution in [0.3, 0.4) is 0 Å². The molecule has 0 aliphatic carbocycles. The number of ether oxygens (including phenoxy) is 1. The van der Waals surface area contributed by atoms with Crippen LogP contribution in [0.5, 0.6) is 5.75 Å². The number of hydrogen-bond acceptors (Lipinski definition) is 3. The summed E-state index contributed by atoms with van der Waals surface area (Å²) in [7, 11) is 0. The second kappa shape index (κ2) is 5.48. The van der Waals surface area contributed by atoms with Crippen LogP contribution in [0.4, 0.5) is 0 Å². The molecule has 1 aromatic carbocycles. The fourth-order valence-electron chi connectivity index (χ4n) is 1.82. The van der Waals surface area contributed by atoms with Gasteiger partial charge < -0.3 is 9.84 Å². The number of benzene rings is 1. The molecule has 0 bridgehead atoms. The largest absolute Gasteiger partial charge is 0.493 e. The van der Waals surface area contributed by atoms with E-state index in [4.69, 9.17) is 9.84 Å². The molecular formula is C13H16O4. The van der Waals surface area contributed by atoms with Crippen LogP contribution in [0.2, 0.25) is 0 Å². The van der Waals surface area contributed by atoms with Crippen molar-refractivity contribution in [2.75, 3.05) is 6.61 Å². The fraction of sp³-hybridized carbons (Fsp3) is 0.385. The molecule has 4 heteroatoms. The van der Waals surface area contributed by atoms with Crippen molar-refractivity contribution in [3.8, 4) is 5.75 Å². The van der Waals surface area contributed by atoms with E-state index >= 15 is 0 Å². The van der Waals surface area contributed by atoms with Gasteiger partial charge in [0.1, 0.15) is 5.75 Å².